The Bertz CT molecular complexity index is 430. The molecule has 0 saturated carbocycles. The quantitative estimate of drug-likeness (QED) is 0.923. The van der Waals surface area contributed by atoms with Gasteiger partial charge in [0.1, 0.15) is 0 Å². The highest BCUT2D eigenvalue weighted by atomic mass is 35.5. The average molecular weight is 287 g/mol. The van der Waals surface area contributed by atoms with Gasteiger partial charge in [-0.2, -0.15) is 0 Å². The fraction of sp³-hybridized carbons (Fsp3) is 0.462. The van der Waals surface area contributed by atoms with E-state index in [-0.39, 0.29) is 11.9 Å². The third-order valence-electron chi connectivity index (χ3n) is 3.05. The number of anilines is 1. The van der Waals surface area contributed by atoms with Crippen molar-refractivity contribution in [1.82, 2.24) is 5.32 Å². The molecule has 0 aromatic heterocycles. The van der Waals surface area contributed by atoms with Gasteiger partial charge in [0.15, 0.2) is 0 Å². The van der Waals surface area contributed by atoms with Gasteiger partial charge in [-0.1, -0.05) is 36.2 Å². The molecule has 1 aliphatic heterocycles. The summed E-state index contributed by atoms with van der Waals surface area (Å²) in [5, 5.41) is 4.28. The lowest BCUT2D eigenvalue weighted by molar-refractivity contribution is -0.118. The van der Waals surface area contributed by atoms with E-state index in [1.54, 1.807) is 23.1 Å². The van der Waals surface area contributed by atoms with E-state index >= 15 is 0 Å². The van der Waals surface area contributed by atoms with Crippen LogP contribution in [-0.4, -0.2) is 25.0 Å². The fourth-order valence-electron chi connectivity index (χ4n) is 2.16. The molecule has 1 unspecified atom stereocenters. The lowest BCUT2D eigenvalue weighted by Gasteiger charge is -2.19. The summed E-state index contributed by atoms with van der Waals surface area (Å²) in [6.45, 7) is 3.58. The van der Waals surface area contributed by atoms with E-state index in [9.17, 15) is 4.79 Å². The van der Waals surface area contributed by atoms with Crippen LogP contribution in [0.3, 0.4) is 0 Å². The Hall–Kier alpha value is -0.770. The molecule has 1 atom stereocenters. The molecule has 1 N–H and O–H groups in total. The van der Waals surface area contributed by atoms with Crippen LogP contribution in [0.5, 0.6) is 0 Å². The summed E-state index contributed by atoms with van der Waals surface area (Å²) in [6, 6.07) is 5.17. The molecular weight excluding hydrogens is 271 g/mol. The van der Waals surface area contributed by atoms with Crippen LogP contribution in [0.25, 0.3) is 0 Å². The average Bonchev–Trinajstić information content (AvgIpc) is 2.69. The van der Waals surface area contributed by atoms with Gasteiger partial charge in [-0.3, -0.25) is 4.79 Å². The number of rotatable bonds is 4. The van der Waals surface area contributed by atoms with E-state index in [1.807, 2.05) is 0 Å². The summed E-state index contributed by atoms with van der Waals surface area (Å²) in [5.41, 5.74) is 0.631. The molecule has 2 rings (SSSR count). The van der Waals surface area contributed by atoms with Gasteiger partial charge in [0, 0.05) is 6.54 Å². The second kappa shape index (κ2) is 5.91. The number of carbonyl (C=O) groups is 1. The minimum atomic E-state index is -0.114. The third kappa shape index (κ3) is 2.63. The standard InChI is InChI=1S/C13H16Cl2N2O/c1-2-7-16-11-6-8-17(13(11)18)12-9(14)4-3-5-10(12)15/h3-5,11,16H,2,6-8H2,1H3. The zero-order chi connectivity index (χ0) is 13.1. The molecule has 0 aliphatic carbocycles. The number of benzene rings is 1. The van der Waals surface area contributed by atoms with E-state index in [2.05, 4.69) is 12.2 Å². The molecule has 1 saturated heterocycles. The van der Waals surface area contributed by atoms with Crippen LogP contribution < -0.4 is 10.2 Å². The minimum absolute atomic E-state index is 0.0541. The van der Waals surface area contributed by atoms with Gasteiger partial charge in [-0.05, 0) is 31.5 Å². The van der Waals surface area contributed by atoms with Gasteiger partial charge >= 0.3 is 0 Å². The largest absolute Gasteiger partial charge is 0.308 e. The van der Waals surface area contributed by atoms with E-state index in [1.165, 1.54) is 0 Å². The summed E-state index contributed by atoms with van der Waals surface area (Å²) in [4.78, 5) is 13.9. The molecule has 0 bridgehead atoms. The van der Waals surface area contributed by atoms with Gasteiger partial charge in [0.25, 0.3) is 0 Å². The number of para-hydroxylation sites is 1. The second-order valence-electron chi connectivity index (χ2n) is 4.36. The van der Waals surface area contributed by atoms with Crippen molar-refractivity contribution in [3.8, 4) is 0 Å². The maximum atomic E-state index is 12.3. The lowest BCUT2D eigenvalue weighted by atomic mass is 10.2. The first-order valence-electron chi connectivity index (χ1n) is 6.14. The molecule has 98 valence electrons. The maximum Gasteiger partial charge on any atom is 0.244 e. The fourth-order valence-corrected chi connectivity index (χ4v) is 2.76. The molecule has 18 heavy (non-hydrogen) atoms. The van der Waals surface area contributed by atoms with Gasteiger partial charge in [-0.15, -0.1) is 0 Å². The van der Waals surface area contributed by atoms with Crippen LogP contribution in [0.1, 0.15) is 19.8 Å². The SMILES string of the molecule is CCCNC1CCN(c2c(Cl)cccc2Cl)C1=O. The van der Waals surface area contributed by atoms with Gasteiger partial charge < -0.3 is 10.2 Å². The number of carbonyl (C=O) groups excluding carboxylic acids is 1. The van der Waals surface area contributed by atoms with E-state index in [0.29, 0.717) is 22.3 Å². The Balaban J connectivity index is 2.18. The molecular formula is C13H16Cl2N2O. The highest BCUT2D eigenvalue weighted by Crippen LogP contribution is 2.35. The summed E-state index contributed by atoms with van der Waals surface area (Å²) in [5.74, 6) is 0.0541. The van der Waals surface area contributed by atoms with Crippen molar-refractivity contribution in [3.63, 3.8) is 0 Å². The number of nitrogens with one attached hydrogen (secondary N) is 1. The van der Waals surface area contributed by atoms with Crippen molar-refractivity contribution in [1.29, 1.82) is 0 Å². The van der Waals surface area contributed by atoms with Crippen LogP contribution >= 0.6 is 23.2 Å². The van der Waals surface area contributed by atoms with Crippen LogP contribution in [0.15, 0.2) is 18.2 Å². The van der Waals surface area contributed by atoms with E-state index in [0.717, 1.165) is 19.4 Å². The van der Waals surface area contributed by atoms with Crippen molar-refractivity contribution in [2.45, 2.75) is 25.8 Å². The van der Waals surface area contributed by atoms with Gasteiger partial charge in [0.2, 0.25) is 5.91 Å². The predicted octanol–water partition coefficient (Wildman–Crippen LogP) is 3.10. The number of amides is 1. The molecule has 3 nitrogen and oxygen atoms in total. The lowest BCUT2D eigenvalue weighted by Crippen LogP contribution is -2.38. The van der Waals surface area contributed by atoms with Gasteiger partial charge in [0.05, 0.1) is 21.8 Å². The van der Waals surface area contributed by atoms with E-state index < -0.39 is 0 Å². The highest BCUT2D eigenvalue weighted by molar-refractivity contribution is 6.40. The zero-order valence-corrected chi connectivity index (χ0v) is 11.8. The smallest absolute Gasteiger partial charge is 0.244 e. The summed E-state index contributed by atoms with van der Waals surface area (Å²) >= 11 is 12.3. The van der Waals surface area contributed by atoms with Crippen molar-refractivity contribution in [2.75, 3.05) is 18.0 Å². The molecule has 1 fully saturated rings. The monoisotopic (exact) mass is 286 g/mol. The number of nitrogens with zero attached hydrogens (tertiary/aromatic N) is 1. The molecule has 1 heterocycles. The minimum Gasteiger partial charge on any atom is -0.308 e. The van der Waals surface area contributed by atoms with Crippen LogP contribution in [0, 0.1) is 0 Å². The maximum absolute atomic E-state index is 12.3. The summed E-state index contributed by atoms with van der Waals surface area (Å²) < 4.78 is 0. The van der Waals surface area contributed by atoms with Crippen molar-refractivity contribution < 1.29 is 4.79 Å². The third-order valence-corrected chi connectivity index (χ3v) is 3.66. The Kier molecular flexibility index (Phi) is 4.49. The molecule has 0 radical (unpaired) electrons. The molecule has 0 spiro atoms. The molecule has 1 aromatic rings. The second-order valence-corrected chi connectivity index (χ2v) is 5.17. The Morgan fingerprint density at radius 2 is 2.06 bits per heavy atom. The first kappa shape index (κ1) is 13.7. The predicted molar refractivity (Wildman–Crippen MR) is 75.5 cm³/mol. The number of hydrogen-bond acceptors (Lipinski definition) is 2. The summed E-state index contributed by atoms with van der Waals surface area (Å²) in [6.07, 6.45) is 1.80. The van der Waals surface area contributed by atoms with Gasteiger partial charge in [-0.25, -0.2) is 0 Å². The number of hydrogen-bond donors (Lipinski definition) is 1. The van der Waals surface area contributed by atoms with Crippen LogP contribution in [-0.2, 0) is 4.79 Å². The Morgan fingerprint density at radius 3 is 2.67 bits per heavy atom. The zero-order valence-electron chi connectivity index (χ0n) is 10.2. The number of halogens is 2. The van der Waals surface area contributed by atoms with E-state index in [4.69, 9.17) is 23.2 Å². The molecule has 1 aromatic carbocycles. The Morgan fingerprint density at radius 1 is 1.39 bits per heavy atom. The molecule has 1 aliphatic rings. The van der Waals surface area contributed by atoms with Crippen LogP contribution in [0.4, 0.5) is 5.69 Å². The Labute approximate surface area is 117 Å². The normalized spacial score (nSPS) is 19.6. The van der Waals surface area contributed by atoms with Crippen molar-refractivity contribution in [3.05, 3.63) is 28.2 Å². The van der Waals surface area contributed by atoms with Crippen molar-refractivity contribution in [2.24, 2.45) is 0 Å². The first-order valence-corrected chi connectivity index (χ1v) is 6.89. The topological polar surface area (TPSA) is 32.3 Å². The summed E-state index contributed by atoms with van der Waals surface area (Å²) in [7, 11) is 0. The first-order chi connectivity index (χ1) is 8.65. The van der Waals surface area contributed by atoms with Crippen molar-refractivity contribution >= 4 is 34.8 Å². The highest BCUT2D eigenvalue weighted by Gasteiger charge is 2.33. The molecule has 5 heteroatoms. The molecule has 1 amide bonds. The van der Waals surface area contributed by atoms with Crippen LogP contribution in [0.2, 0.25) is 10.0 Å².